The summed E-state index contributed by atoms with van der Waals surface area (Å²) < 4.78 is 14.0. The lowest BCUT2D eigenvalue weighted by molar-refractivity contribution is 0.0396. The monoisotopic (exact) mass is 292 g/mol. The molecule has 1 aromatic rings. The molecule has 3 heteroatoms. The second-order valence-corrected chi connectivity index (χ2v) is 6.84. The first-order valence-electron chi connectivity index (χ1n) is 8.07. The zero-order chi connectivity index (χ0) is 15.5. The van der Waals surface area contributed by atoms with Crippen molar-refractivity contribution in [1.29, 1.82) is 0 Å². The normalized spacial score (nSPS) is 27.8. The molecule has 3 atom stereocenters. The quantitative estimate of drug-likeness (QED) is 0.894. The zero-order valence-corrected chi connectivity index (χ0v) is 13.8. The molecule has 3 unspecified atom stereocenters. The lowest BCUT2D eigenvalue weighted by atomic mass is 9.70. The molecule has 0 spiro atoms. The highest BCUT2D eigenvalue weighted by Crippen LogP contribution is 2.39. The van der Waals surface area contributed by atoms with Gasteiger partial charge in [-0.1, -0.05) is 38.0 Å². The third-order valence-corrected chi connectivity index (χ3v) is 5.28. The van der Waals surface area contributed by atoms with E-state index in [1.807, 2.05) is 19.2 Å². The fourth-order valence-electron chi connectivity index (χ4n) is 4.04. The number of rotatable bonds is 5. The average Bonchev–Trinajstić information content (AvgIpc) is 2.46. The average molecular weight is 292 g/mol. The van der Waals surface area contributed by atoms with Gasteiger partial charge < -0.3 is 10.2 Å². The lowest BCUT2D eigenvalue weighted by Crippen LogP contribution is -2.61. The molecule has 2 nitrogen and oxygen atoms in total. The molecular formula is C18H29FN2. The van der Waals surface area contributed by atoms with Crippen LogP contribution in [0.25, 0.3) is 0 Å². The van der Waals surface area contributed by atoms with Gasteiger partial charge in [0.25, 0.3) is 0 Å². The van der Waals surface area contributed by atoms with Crippen LogP contribution in [0.2, 0.25) is 0 Å². The van der Waals surface area contributed by atoms with Gasteiger partial charge in [0.2, 0.25) is 0 Å². The molecule has 0 amide bonds. The smallest absolute Gasteiger partial charge is 0.126 e. The first-order valence-corrected chi connectivity index (χ1v) is 8.07. The Morgan fingerprint density at radius 3 is 2.67 bits per heavy atom. The molecule has 0 bridgehead atoms. The lowest BCUT2D eigenvalue weighted by Gasteiger charge is -2.50. The molecule has 0 saturated heterocycles. The highest BCUT2D eigenvalue weighted by Gasteiger charge is 2.43. The van der Waals surface area contributed by atoms with Gasteiger partial charge in [0.1, 0.15) is 5.82 Å². The second-order valence-electron chi connectivity index (χ2n) is 6.84. The van der Waals surface area contributed by atoms with Crippen LogP contribution in [-0.4, -0.2) is 37.6 Å². The van der Waals surface area contributed by atoms with E-state index in [-0.39, 0.29) is 17.4 Å². The van der Waals surface area contributed by atoms with Crippen LogP contribution in [0.15, 0.2) is 24.3 Å². The van der Waals surface area contributed by atoms with Gasteiger partial charge in [-0.05, 0) is 58.0 Å². The van der Waals surface area contributed by atoms with E-state index in [0.717, 1.165) is 17.9 Å². The largest absolute Gasteiger partial charge is 0.315 e. The molecule has 1 N–H and O–H groups in total. The van der Waals surface area contributed by atoms with Crippen molar-refractivity contribution in [3.63, 3.8) is 0 Å². The zero-order valence-electron chi connectivity index (χ0n) is 13.8. The highest BCUT2D eigenvalue weighted by molar-refractivity contribution is 5.20. The Morgan fingerprint density at radius 2 is 2.10 bits per heavy atom. The number of halogens is 1. The summed E-state index contributed by atoms with van der Waals surface area (Å²) in [4.78, 5) is 2.37. The van der Waals surface area contributed by atoms with Gasteiger partial charge in [-0.25, -0.2) is 4.39 Å². The van der Waals surface area contributed by atoms with E-state index >= 15 is 0 Å². The summed E-state index contributed by atoms with van der Waals surface area (Å²) in [6, 6.07) is 7.43. The Morgan fingerprint density at radius 1 is 1.38 bits per heavy atom. The predicted octanol–water partition coefficient (Wildman–Crippen LogP) is 3.47. The van der Waals surface area contributed by atoms with Crippen molar-refractivity contribution in [1.82, 2.24) is 10.2 Å². The van der Waals surface area contributed by atoms with Crippen molar-refractivity contribution in [3.05, 3.63) is 35.6 Å². The SMILES string of the molecule is CNC(Cc1ccccc1F)C1(N(C)C)CCCC(C)C1. The minimum atomic E-state index is -0.0875. The summed E-state index contributed by atoms with van der Waals surface area (Å²) >= 11 is 0. The summed E-state index contributed by atoms with van der Waals surface area (Å²) in [7, 11) is 6.35. The summed E-state index contributed by atoms with van der Waals surface area (Å²) in [5, 5.41) is 3.48. The van der Waals surface area contributed by atoms with Crippen molar-refractivity contribution in [2.75, 3.05) is 21.1 Å². The molecule has 1 saturated carbocycles. The van der Waals surface area contributed by atoms with Gasteiger partial charge in [0.05, 0.1) is 0 Å². The number of nitrogens with zero attached hydrogens (tertiary/aromatic N) is 1. The van der Waals surface area contributed by atoms with E-state index in [4.69, 9.17) is 0 Å². The maximum absolute atomic E-state index is 14.0. The third kappa shape index (κ3) is 3.46. The van der Waals surface area contributed by atoms with Crippen molar-refractivity contribution >= 4 is 0 Å². The minimum absolute atomic E-state index is 0.0875. The van der Waals surface area contributed by atoms with Crippen LogP contribution in [0, 0.1) is 11.7 Å². The Hall–Kier alpha value is -0.930. The summed E-state index contributed by atoms with van der Waals surface area (Å²) in [6.45, 7) is 2.34. The Kier molecular flexibility index (Phi) is 5.39. The topological polar surface area (TPSA) is 15.3 Å². The second kappa shape index (κ2) is 6.89. The fraction of sp³-hybridized carbons (Fsp3) is 0.667. The van der Waals surface area contributed by atoms with E-state index < -0.39 is 0 Å². The van der Waals surface area contributed by atoms with Crippen LogP contribution in [0.3, 0.4) is 0 Å². The standard InChI is InChI=1S/C18H29FN2/c1-14-8-7-11-18(13-14,21(3)4)17(20-2)12-15-9-5-6-10-16(15)19/h5-6,9-10,14,17,20H,7-8,11-13H2,1-4H3. The molecular weight excluding hydrogens is 263 g/mol. The van der Waals surface area contributed by atoms with E-state index in [9.17, 15) is 4.39 Å². The van der Waals surface area contributed by atoms with Gasteiger partial charge in [-0.15, -0.1) is 0 Å². The van der Waals surface area contributed by atoms with Crippen LogP contribution >= 0.6 is 0 Å². The molecule has 0 radical (unpaired) electrons. The molecule has 1 aliphatic rings. The van der Waals surface area contributed by atoms with Crippen LogP contribution in [0.1, 0.15) is 38.2 Å². The van der Waals surface area contributed by atoms with Crippen LogP contribution in [-0.2, 0) is 6.42 Å². The van der Waals surface area contributed by atoms with Gasteiger partial charge in [0.15, 0.2) is 0 Å². The molecule has 118 valence electrons. The first-order chi connectivity index (χ1) is 9.99. The summed E-state index contributed by atoms with van der Waals surface area (Å²) in [5.41, 5.74) is 0.936. The Bertz CT molecular complexity index is 460. The summed E-state index contributed by atoms with van der Waals surface area (Å²) in [5.74, 6) is 0.646. The molecule has 0 aliphatic heterocycles. The number of hydrogen-bond acceptors (Lipinski definition) is 2. The molecule has 0 aromatic heterocycles. The van der Waals surface area contributed by atoms with Crippen LogP contribution in [0.4, 0.5) is 4.39 Å². The first kappa shape index (κ1) is 16.4. The van der Waals surface area contributed by atoms with Crippen LogP contribution < -0.4 is 5.32 Å². The summed E-state index contributed by atoms with van der Waals surface area (Å²) in [6.07, 6.45) is 5.68. The molecule has 1 aromatic carbocycles. The van der Waals surface area contributed by atoms with E-state index in [1.54, 1.807) is 12.1 Å². The fourth-order valence-corrected chi connectivity index (χ4v) is 4.04. The van der Waals surface area contributed by atoms with E-state index in [0.29, 0.717) is 0 Å². The molecule has 0 heterocycles. The number of likely N-dealkylation sites (N-methyl/N-ethyl adjacent to an activating group) is 2. The van der Waals surface area contributed by atoms with Crippen molar-refractivity contribution in [2.24, 2.45) is 5.92 Å². The Labute approximate surface area is 128 Å². The molecule has 1 fully saturated rings. The van der Waals surface area contributed by atoms with E-state index in [1.165, 1.54) is 25.7 Å². The van der Waals surface area contributed by atoms with Gasteiger partial charge in [0, 0.05) is 11.6 Å². The highest BCUT2D eigenvalue weighted by atomic mass is 19.1. The van der Waals surface area contributed by atoms with Gasteiger partial charge in [-0.2, -0.15) is 0 Å². The third-order valence-electron chi connectivity index (χ3n) is 5.28. The van der Waals surface area contributed by atoms with Crippen molar-refractivity contribution in [2.45, 2.75) is 50.6 Å². The van der Waals surface area contributed by atoms with Crippen molar-refractivity contribution < 1.29 is 4.39 Å². The maximum atomic E-state index is 14.0. The van der Waals surface area contributed by atoms with Crippen LogP contribution in [0.5, 0.6) is 0 Å². The number of hydrogen-bond donors (Lipinski definition) is 1. The maximum Gasteiger partial charge on any atom is 0.126 e. The van der Waals surface area contributed by atoms with Gasteiger partial charge in [-0.3, -0.25) is 0 Å². The number of nitrogens with one attached hydrogen (secondary N) is 1. The molecule has 2 rings (SSSR count). The predicted molar refractivity (Wildman–Crippen MR) is 87.0 cm³/mol. The minimum Gasteiger partial charge on any atom is -0.315 e. The van der Waals surface area contributed by atoms with E-state index in [2.05, 4.69) is 31.2 Å². The van der Waals surface area contributed by atoms with Crippen molar-refractivity contribution in [3.8, 4) is 0 Å². The molecule has 1 aliphatic carbocycles. The number of benzene rings is 1. The van der Waals surface area contributed by atoms with Gasteiger partial charge >= 0.3 is 0 Å². The Balaban J connectivity index is 2.26. The molecule has 21 heavy (non-hydrogen) atoms.